The minimum Gasteiger partial charge on any atom is -0.492 e. The van der Waals surface area contributed by atoms with Gasteiger partial charge in [0.2, 0.25) is 0 Å². The van der Waals surface area contributed by atoms with Gasteiger partial charge in [-0.3, -0.25) is 9.52 Å². The molecule has 0 heterocycles. The predicted octanol–water partition coefficient (Wildman–Crippen LogP) is 4.26. The molecule has 0 unspecified atom stereocenters. The number of halogens is 1. The fraction of sp³-hybridized carbons (Fsp3) is 0.136. The normalized spacial score (nSPS) is 11.0. The Hall–Kier alpha value is -3.03. The third-order valence-corrected chi connectivity index (χ3v) is 5.85. The Morgan fingerprint density at radius 3 is 2.20 bits per heavy atom. The predicted molar refractivity (Wildman–Crippen MR) is 118 cm³/mol. The van der Waals surface area contributed by atoms with Crippen LogP contribution >= 0.6 is 11.6 Å². The number of hydrogen-bond acceptors (Lipinski definition) is 4. The smallest absolute Gasteiger partial charge is 0.261 e. The molecule has 0 spiro atoms. The van der Waals surface area contributed by atoms with Crippen LogP contribution in [0.2, 0.25) is 5.02 Å². The van der Waals surface area contributed by atoms with Crippen LogP contribution in [0.1, 0.15) is 15.9 Å². The van der Waals surface area contributed by atoms with Gasteiger partial charge in [0, 0.05) is 16.3 Å². The Kier molecular flexibility index (Phi) is 6.97. The molecule has 0 bridgehead atoms. The van der Waals surface area contributed by atoms with Gasteiger partial charge in [0.25, 0.3) is 15.9 Å². The first-order valence-electron chi connectivity index (χ1n) is 9.20. The number of ether oxygens (including phenoxy) is 1. The summed E-state index contributed by atoms with van der Waals surface area (Å²) in [6, 6.07) is 19.7. The van der Waals surface area contributed by atoms with E-state index in [0.717, 1.165) is 5.56 Å². The summed E-state index contributed by atoms with van der Waals surface area (Å²) >= 11 is 5.82. The maximum absolute atomic E-state index is 12.4. The van der Waals surface area contributed by atoms with Crippen molar-refractivity contribution in [3.8, 4) is 5.75 Å². The van der Waals surface area contributed by atoms with Crippen LogP contribution in [-0.4, -0.2) is 27.5 Å². The van der Waals surface area contributed by atoms with Crippen molar-refractivity contribution in [2.24, 2.45) is 0 Å². The van der Waals surface area contributed by atoms with Crippen LogP contribution in [0.5, 0.6) is 5.75 Å². The summed E-state index contributed by atoms with van der Waals surface area (Å²) in [4.78, 5) is 12.4. The Labute approximate surface area is 180 Å². The fourth-order valence-electron chi connectivity index (χ4n) is 2.59. The second-order valence-corrected chi connectivity index (χ2v) is 8.67. The molecule has 6 nitrogen and oxygen atoms in total. The quantitative estimate of drug-likeness (QED) is 0.508. The van der Waals surface area contributed by atoms with Crippen molar-refractivity contribution >= 4 is 33.2 Å². The summed E-state index contributed by atoms with van der Waals surface area (Å²) in [6.07, 6.45) is 0. The molecule has 3 aromatic carbocycles. The molecule has 0 fully saturated rings. The van der Waals surface area contributed by atoms with Crippen molar-refractivity contribution in [3.63, 3.8) is 0 Å². The second kappa shape index (κ2) is 9.65. The number of nitrogens with one attached hydrogen (secondary N) is 2. The number of sulfonamides is 1. The van der Waals surface area contributed by atoms with Gasteiger partial charge in [-0.15, -0.1) is 0 Å². The molecule has 0 saturated carbocycles. The van der Waals surface area contributed by atoms with Crippen LogP contribution in [-0.2, 0) is 10.0 Å². The van der Waals surface area contributed by atoms with E-state index in [1.807, 2.05) is 6.92 Å². The molecule has 0 saturated heterocycles. The zero-order valence-corrected chi connectivity index (χ0v) is 17.8. The number of anilines is 1. The van der Waals surface area contributed by atoms with Crippen LogP contribution < -0.4 is 14.8 Å². The van der Waals surface area contributed by atoms with Gasteiger partial charge in [-0.05, 0) is 67.6 Å². The van der Waals surface area contributed by atoms with Crippen molar-refractivity contribution < 1.29 is 17.9 Å². The van der Waals surface area contributed by atoms with E-state index >= 15 is 0 Å². The molecule has 0 radical (unpaired) electrons. The number of rotatable bonds is 8. The molecule has 0 aromatic heterocycles. The van der Waals surface area contributed by atoms with Crippen molar-refractivity contribution in [2.75, 3.05) is 17.9 Å². The minimum atomic E-state index is -3.69. The molecule has 30 heavy (non-hydrogen) atoms. The highest BCUT2D eigenvalue weighted by Crippen LogP contribution is 2.17. The van der Waals surface area contributed by atoms with Gasteiger partial charge in [0.15, 0.2) is 0 Å². The van der Waals surface area contributed by atoms with Crippen molar-refractivity contribution in [1.29, 1.82) is 0 Å². The van der Waals surface area contributed by atoms with Gasteiger partial charge < -0.3 is 10.1 Å². The van der Waals surface area contributed by atoms with E-state index in [0.29, 0.717) is 35.2 Å². The number of carbonyl (C=O) groups excluding carboxylic acids is 1. The van der Waals surface area contributed by atoms with Crippen LogP contribution in [0.3, 0.4) is 0 Å². The highest BCUT2D eigenvalue weighted by Gasteiger charge is 2.14. The maximum atomic E-state index is 12.4. The number of hydrogen-bond donors (Lipinski definition) is 2. The lowest BCUT2D eigenvalue weighted by Gasteiger charge is -2.10. The van der Waals surface area contributed by atoms with Crippen molar-refractivity contribution in [1.82, 2.24) is 5.32 Å². The highest BCUT2D eigenvalue weighted by molar-refractivity contribution is 7.92. The molecule has 0 atom stereocenters. The molecule has 0 aliphatic heterocycles. The molecular weight excluding hydrogens is 424 g/mol. The topological polar surface area (TPSA) is 84.5 Å². The van der Waals surface area contributed by atoms with E-state index < -0.39 is 10.0 Å². The SMILES string of the molecule is Cc1ccc(S(=O)(=O)Nc2ccc(C(=O)NCCOc3ccc(Cl)cc3)cc2)cc1. The van der Waals surface area contributed by atoms with Gasteiger partial charge in [-0.2, -0.15) is 0 Å². The first-order chi connectivity index (χ1) is 14.3. The number of carbonyl (C=O) groups is 1. The van der Waals surface area contributed by atoms with E-state index in [1.54, 1.807) is 72.8 Å². The molecular formula is C22H21ClN2O4S. The van der Waals surface area contributed by atoms with Crippen LogP contribution in [0.25, 0.3) is 0 Å². The van der Waals surface area contributed by atoms with Gasteiger partial charge in [0.1, 0.15) is 12.4 Å². The molecule has 1 amide bonds. The molecule has 3 aromatic rings. The Balaban J connectivity index is 1.51. The minimum absolute atomic E-state index is 0.176. The average molecular weight is 445 g/mol. The molecule has 8 heteroatoms. The third kappa shape index (κ3) is 5.98. The molecule has 0 aliphatic rings. The monoisotopic (exact) mass is 444 g/mol. The van der Waals surface area contributed by atoms with Gasteiger partial charge in [0.05, 0.1) is 11.4 Å². The number of aryl methyl sites for hydroxylation is 1. The highest BCUT2D eigenvalue weighted by atomic mass is 35.5. The third-order valence-electron chi connectivity index (χ3n) is 4.20. The Bertz CT molecular complexity index is 1100. The van der Waals surface area contributed by atoms with E-state index in [4.69, 9.17) is 16.3 Å². The Morgan fingerprint density at radius 2 is 1.57 bits per heavy atom. The summed E-state index contributed by atoms with van der Waals surface area (Å²) in [5.74, 6) is 0.390. The lowest BCUT2D eigenvalue weighted by atomic mass is 10.2. The average Bonchev–Trinajstić information content (AvgIpc) is 2.73. The summed E-state index contributed by atoms with van der Waals surface area (Å²) < 4.78 is 32.9. The van der Waals surface area contributed by atoms with Crippen LogP contribution in [0, 0.1) is 6.92 Å². The largest absolute Gasteiger partial charge is 0.492 e. The molecule has 3 rings (SSSR count). The standard InChI is InChI=1S/C22H21ClN2O4S/c1-16-2-12-21(13-3-16)30(27,28)25-19-8-4-17(5-9-19)22(26)24-14-15-29-20-10-6-18(23)7-11-20/h2-13,25H,14-15H2,1H3,(H,24,26). The van der Waals surface area contributed by atoms with E-state index in [1.165, 1.54) is 0 Å². The second-order valence-electron chi connectivity index (χ2n) is 6.55. The summed E-state index contributed by atoms with van der Waals surface area (Å²) in [6.45, 7) is 2.52. The molecule has 2 N–H and O–H groups in total. The lowest BCUT2D eigenvalue weighted by molar-refractivity contribution is 0.0947. The zero-order valence-electron chi connectivity index (χ0n) is 16.3. The van der Waals surface area contributed by atoms with E-state index in [9.17, 15) is 13.2 Å². The van der Waals surface area contributed by atoms with Crippen LogP contribution in [0.4, 0.5) is 5.69 Å². The maximum Gasteiger partial charge on any atom is 0.261 e. The van der Waals surface area contributed by atoms with Gasteiger partial charge >= 0.3 is 0 Å². The first-order valence-corrected chi connectivity index (χ1v) is 11.1. The zero-order chi connectivity index (χ0) is 21.6. The van der Waals surface area contributed by atoms with Gasteiger partial charge in [-0.25, -0.2) is 8.42 Å². The summed E-state index contributed by atoms with van der Waals surface area (Å²) in [5.41, 5.74) is 1.76. The fourth-order valence-corrected chi connectivity index (χ4v) is 3.77. The molecule has 0 aliphatic carbocycles. The van der Waals surface area contributed by atoms with Crippen LogP contribution in [0.15, 0.2) is 77.7 Å². The van der Waals surface area contributed by atoms with Gasteiger partial charge in [-0.1, -0.05) is 29.3 Å². The lowest BCUT2D eigenvalue weighted by Crippen LogP contribution is -2.28. The molecule has 156 valence electrons. The van der Waals surface area contributed by atoms with Crippen molar-refractivity contribution in [2.45, 2.75) is 11.8 Å². The van der Waals surface area contributed by atoms with Crippen molar-refractivity contribution in [3.05, 3.63) is 88.9 Å². The summed E-state index contributed by atoms with van der Waals surface area (Å²) in [7, 11) is -3.69. The van der Waals surface area contributed by atoms with E-state index in [-0.39, 0.29) is 10.8 Å². The Morgan fingerprint density at radius 1 is 0.933 bits per heavy atom. The first kappa shape index (κ1) is 21.7. The summed E-state index contributed by atoms with van der Waals surface area (Å²) in [5, 5.41) is 3.38. The number of amides is 1. The van der Waals surface area contributed by atoms with E-state index in [2.05, 4.69) is 10.0 Å². The number of benzene rings is 3.